The highest BCUT2D eigenvalue weighted by atomic mass is 16.5. The molecule has 100 valence electrons. The van der Waals surface area contributed by atoms with Gasteiger partial charge in [-0.3, -0.25) is 0 Å². The van der Waals surface area contributed by atoms with E-state index in [1.807, 2.05) is 0 Å². The zero-order valence-corrected chi connectivity index (χ0v) is 11.2. The van der Waals surface area contributed by atoms with E-state index in [4.69, 9.17) is 10.5 Å². The van der Waals surface area contributed by atoms with Gasteiger partial charge in [-0.1, -0.05) is 13.3 Å². The number of nitrogens with zero attached hydrogens (tertiary/aromatic N) is 1. The number of carbonyl (C=O) groups is 1. The molecule has 1 aromatic rings. The Morgan fingerprint density at radius 2 is 2.11 bits per heavy atom. The molecule has 0 saturated heterocycles. The van der Waals surface area contributed by atoms with Crippen LogP contribution in [0, 0.1) is 5.92 Å². The molecule has 1 heterocycles. The number of nitrogens with two attached hydrogens (primary N) is 1. The Balaban J connectivity index is 1.90. The summed E-state index contributed by atoms with van der Waals surface area (Å²) in [4.78, 5) is 12.0. The van der Waals surface area contributed by atoms with E-state index in [0.29, 0.717) is 11.4 Å². The number of carbonyl (C=O) groups excluding carboxylic acids is 1. The number of esters is 1. The van der Waals surface area contributed by atoms with Gasteiger partial charge in [0.25, 0.3) is 0 Å². The summed E-state index contributed by atoms with van der Waals surface area (Å²) in [5.74, 6) is 0.555. The van der Waals surface area contributed by atoms with Crippen molar-refractivity contribution in [2.24, 2.45) is 13.0 Å². The SMILES string of the molecule is CCC1CCC(OC(=O)c2cc(N)cn2C)CC1. The normalized spacial score (nSPS) is 23.9. The van der Waals surface area contributed by atoms with Crippen LogP contribution in [-0.2, 0) is 11.8 Å². The minimum atomic E-state index is -0.255. The van der Waals surface area contributed by atoms with E-state index in [1.165, 1.54) is 19.3 Å². The molecule has 2 N–H and O–H groups in total. The van der Waals surface area contributed by atoms with E-state index in [-0.39, 0.29) is 12.1 Å². The molecule has 2 rings (SSSR count). The number of hydrogen-bond donors (Lipinski definition) is 1. The van der Waals surface area contributed by atoms with E-state index in [1.54, 1.807) is 23.9 Å². The Hall–Kier alpha value is -1.45. The summed E-state index contributed by atoms with van der Waals surface area (Å²) in [5, 5.41) is 0. The maximum Gasteiger partial charge on any atom is 0.355 e. The lowest BCUT2D eigenvalue weighted by molar-refractivity contribution is 0.0154. The first kappa shape index (κ1) is 13.0. The highest BCUT2D eigenvalue weighted by Crippen LogP contribution is 2.28. The first-order valence-electron chi connectivity index (χ1n) is 6.73. The molecule has 1 saturated carbocycles. The molecule has 0 aliphatic heterocycles. The average molecular weight is 250 g/mol. The first-order chi connectivity index (χ1) is 8.60. The molecular weight excluding hydrogens is 228 g/mol. The third-order valence-corrected chi connectivity index (χ3v) is 3.88. The van der Waals surface area contributed by atoms with Crippen LogP contribution >= 0.6 is 0 Å². The summed E-state index contributed by atoms with van der Waals surface area (Å²) < 4.78 is 7.27. The molecule has 0 unspecified atom stereocenters. The van der Waals surface area contributed by atoms with Gasteiger partial charge in [0.05, 0.1) is 5.69 Å². The molecule has 0 atom stereocenters. The molecule has 0 bridgehead atoms. The molecule has 0 radical (unpaired) electrons. The molecular formula is C14H22N2O2. The van der Waals surface area contributed by atoms with Crippen LogP contribution in [0.5, 0.6) is 0 Å². The third kappa shape index (κ3) is 2.86. The Morgan fingerprint density at radius 1 is 1.44 bits per heavy atom. The van der Waals surface area contributed by atoms with Crippen molar-refractivity contribution in [3.8, 4) is 0 Å². The number of hydrogen-bond acceptors (Lipinski definition) is 3. The average Bonchev–Trinajstić information content (AvgIpc) is 2.69. The lowest BCUT2D eigenvalue weighted by atomic mass is 9.86. The minimum Gasteiger partial charge on any atom is -0.458 e. The van der Waals surface area contributed by atoms with Gasteiger partial charge < -0.3 is 15.0 Å². The summed E-state index contributed by atoms with van der Waals surface area (Å²) in [6, 6.07) is 1.67. The molecule has 0 aromatic carbocycles. The largest absolute Gasteiger partial charge is 0.458 e. The van der Waals surface area contributed by atoms with E-state index in [0.717, 1.165) is 18.8 Å². The van der Waals surface area contributed by atoms with Crippen LogP contribution in [0.4, 0.5) is 5.69 Å². The van der Waals surface area contributed by atoms with Gasteiger partial charge in [-0.2, -0.15) is 0 Å². The van der Waals surface area contributed by atoms with E-state index < -0.39 is 0 Å². The molecule has 1 aliphatic carbocycles. The molecule has 1 aliphatic rings. The standard InChI is InChI=1S/C14H22N2O2/c1-3-10-4-6-12(7-5-10)18-14(17)13-8-11(15)9-16(13)2/h8-10,12H,3-7,15H2,1-2H3. The zero-order chi connectivity index (χ0) is 13.1. The maximum absolute atomic E-state index is 12.0. The number of anilines is 1. The van der Waals surface area contributed by atoms with Gasteiger partial charge in [0, 0.05) is 13.2 Å². The van der Waals surface area contributed by atoms with Gasteiger partial charge >= 0.3 is 5.97 Å². The Morgan fingerprint density at radius 3 is 2.61 bits per heavy atom. The minimum absolute atomic E-state index is 0.0800. The lowest BCUT2D eigenvalue weighted by Gasteiger charge is -2.27. The Labute approximate surface area is 108 Å². The number of aromatic nitrogens is 1. The lowest BCUT2D eigenvalue weighted by Crippen LogP contribution is -2.25. The van der Waals surface area contributed by atoms with Gasteiger partial charge in [-0.15, -0.1) is 0 Å². The fourth-order valence-corrected chi connectivity index (χ4v) is 2.66. The Kier molecular flexibility index (Phi) is 3.94. The van der Waals surface area contributed by atoms with Crippen LogP contribution in [0.15, 0.2) is 12.3 Å². The molecule has 4 nitrogen and oxygen atoms in total. The molecule has 1 fully saturated rings. The second kappa shape index (κ2) is 5.46. The van der Waals surface area contributed by atoms with Gasteiger partial charge in [0.2, 0.25) is 0 Å². The van der Waals surface area contributed by atoms with Gasteiger partial charge in [-0.25, -0.2) is 4.79 Å². The van der Waals surface area contributed by atoms with Crippen molar-refractivity contribution in [1.82, 2.24) is 4.57 Å². The monoisotopic (exact) mass is 250 g/mol. The van der Waals surface area contributed by atoms with Crippen LogP contribution in [0.3, 0.4) is 0 Å². The number of rotatable bonds is 3. The second-order valence-corrected chi connectivity index (χ2v) is 5.23. The fraction of sp³-hybridized carbons (Fsp3) is 0.643. The summed E-state index contributed by atoms with van der Waals surface area (Å²) in [7, 11) is 1.81. The highest BCUT2D eigenvalue weighted by molar-refractivity contribution is 5.89. The van der Waals surface area contributed by atoms with Crippen molar-refractivity contribution in [2.45, 2.75) is 45.1 Å². The Bertz CT molecular complexity index is 417. The van der Waals surface area contributed by atoms with Crippen molar-refractivity contribution in [2.75, 3.05) is 5.73 Å². The van der Waals surface area contributed by atoms with Crippen LogP contribution in [0.2, 0.25) is 0 Å². The van der Waals surface area contributed by atoms with Crippen molar-refractivity contribution in [3.63, 3.8) is 0 Å². The van der Waals surface area contributed by atoms with E-state index in [9.17, 15) is 4.79 Å². The van der Waals surface area contributed by atoms with Gasteiger partial charge in [0.15, 0.2) is 0 Å². The number of ether oxygens (including phenoxy) is 1. The first-order valence-corrected chi connectivity index (χ1v) is 6.73. The topological polar surface area (TPSA) is 57.2 Å². The molecule has 0 amide bonds. The van der Waals surface area contributed by atoms with Crippen molar-refractivity contribution in [1.29, 1.82) is 0 Å². The predicted octanol–water partition coefficient (Wildman–Crippen LogP) is 2.73. The zero-order valence-electron chi connectivity index (χ0n) is 11.2. The maximum atomic E-state index is 12.0. The molecule has 0 spiro atoms. The van der Waals surface area contributed by atoms with Gasteiger partial charge in [-0.05, 0) is 37.7 Å². The van der Waals surface area contributed by atoms with Crippen LogP contribution in [0.25, 0.3) is 0 Å². The predicted molar refractivity (Wildman–Crippen MR) is 71.3 cm³/mol. The summed E-state index contributed by atoms with van der Waals surface area (Å²) in [6.45, 7) is 2.23. The quantitative estimate of drug-likeness (QED) is 0.839. The van der Waals surface area contributed by atoms with Crippen molar-refractivity contribution in [3.05, 3.63) is 18.0 Å². The smallest absolute Gasteiger partial charge is 0.355 e. The van der Waals surface area contributed by atoms with E-state index in [2.05, 4.69) is 6.92 Å². The summed E-state index contributed by atoms with van der Waals surface area (Å²) in [6.07, 6.45) is 7.36. The number of aryl methyl sites for hydroxylation is 1. The fourth-order valence-electron chi connectivity index (χ4n) is 2.66. The molecule has 4 heteroatoms. The second-order valence-electron chi connectivity index (χ2n) is 5.23. The van der Waals surface area contributed by atoms with Crippen molar-refractivity contribution >= 4 is 11.7 Å². The number of nitrogen functional groups attached to an aromatic ring is 1. The molecule has 18 heavy (non-hydrogen) atoms. The summed E-state index contributed by atoms with van der Waals surface area (Å²) in [5.41, 5.74) is 6.79. The van der Waals surface area contributed by atoms with E-state index >= 15 is 0 Å². The molecule has 1 aromatic heterocycles. The van der Waals surface area contributed by atoms with Gasteiger partial charge in [0.1, 0.15) is 11.8 Å². The van der Waals surface area contributed by atoms with Crippen LogP contribution in [0.1, 0.15) is 49.5 Å². The van der Waals surface area contributed by atoms with Crippen molar-refractivity contribution < 1.29 is 9.53 Å². The van der Waals surface area contributed by atoms with Crippen LogP contribution < -0.4 is 5.73 Å². The summed E-state index contributed by atoms with van der Waals surface area (Å²) >= 11 is 0. The third-order valence-electron chi connectivity index (χ3n) is 3.88. The van der Waals surface area contributed by atoms with Crippen LogP contribution in [-0.4, -0.2) is 16.6 Å². The highest BCUT2D eigenvalue weighted by Gasteiger charge is 2.24.